The molecular formula is C16H25N5O5. The number of hydrogen-bond donors (Lipinski definition) is 3. The topological polar surface area (TPSA) is 123 Å². The lowest BCUT2D eigenvalue weighted by atomic mass is 10.3. The van der Waals surface area contributed by atoms with Crippen molar-refractivity contribution in [3.05, 3.63) is 33.5 Å². The fraction of sp³-hybridized carbons (Fsp3) is 0.562. The highest BCUT2D eigenvalue weighted by atomic mass is 16.5. The van der Waals surface area contributed by atoms with Crippen molar-refractivity contribution in [2.45, 2.75) is 19.1 Å². The average Bonchev–Trinajstić information content (AvgIpc) is 2.96. The Bertz CT molecular complexity index is 853. The largest absolute Gasteiger partial charge is 0.389 e. The lowest BCUT2D eigenvalue weighted by molar-refractivity contribution is 0.0405. The maximum absolute atomic E-state index is 12.3. The van der Waals surface area contributed by atoms with E-state index in [0.717, 1.165) is 6.42 Å². The van der Waals surface area contributed by atoms with Crippen molar-refractivity contribution < 1.29 is 14.6 Å². The van der Waals surface area contributed by atoms with Crippen molar-refractivity contribution in [2.75, 3.05) is 38.8 Å². The van der Waals surface area contributed by atoms with E-state index in [1.807, 2.05) is 0 Å². The van der Waals surface area contributed by atoms with Crippen LogP contribution in [0.5, 0.6) is 0 Å². The van der Waals surface area contributed by atoms with E-state index in [1.54, 1.807) is 17.8 Å². The zero-order valence-electron chi connectivity index (χ0n) is 15.0. The van der Waals surface area contributed by atoms with Crippen LogP contribution in [0.25, 0.3) is 11.2 Å². The average molecular weight is 367 g/mol. The van der Waals surface area contributed by atoms with Gasteiger partial charge >= 0.3 is 5.69 Å². The normalized spacial score (nSPS) is 12.4. The van der Waals surface area contributed by atoms with Gasteiger partial charge in [0, 0.05) is 27.3 Å². The van der Waals surface area contributed by atoms with Gasteiger partial charge in [0.2, 0.25) is 5.95 Å². The van der Waals surface area contributed by atoms with Gasteiger partial charge in [-0.15, -0.1) is 6.58 Å². The highest BCUT2D eigenvalue weighted by molar-refractivity contribution is 5.74. The van der Waals surface area contributed by atoms with Crippen LogP contribution in [0.15, 0.2) is 22.2 Å². The minimum Gasteiger partial charge on any atom is -0.389 e. The summed E-state index contributed by atoms with van der Waals surface area (Å²) < 4.78 is 13.1. The van der Waals surface area contributed by atoms with Gasteiger partial charge in [-0.2, -0.15) is 4.98 Å². The molecule has 0 saturated carbocycles. The fourth-order valence-electron chi connectivity index (χ4n) is 2.51. The third-order valence-corrected chi connectivity index (χ3v) is 3.75. The molecule has 0 aromatic carbocycles. The van der Waals surface area contributed by atoms with Gasteiger partial charge in [0.1, 0.15) is 0 Å². The predicted molar refractivity (Wildman–Crippen MR) is 97.6 cm³/mol. The van der Waals surface area contributed by atoms with Crippen LogP contribution in [0.4, 0.5) is 5.95 Å². The van der Waals surface area contributed by atoms with Crippen LogP contribution in [0.2, 0.25) is 0 Å². The van der Waals surface area contributed by atoms with Crippen LogP contribution in [-0.2, 0) is 23.1 Å². The number of aromatic amines is 1. The van der Waals surface area contributed by atoms with Gasteiger partial charge in [0.05, 0.1) is 25.9 Å². The molecule has 0 amide bonds. The summed E-state index contributed by atoms with van der Waals surface area (Å²) in [5.74, 6) is 0.394. The zero-order chi connectivity index (χ0) is 19.1. The molecule has 1 atom stereocenters. The number of anilines is 1. The van der Waals surface area contributed by atoms with E-state index in [0.29, 0.717) is 25.7 Å². The SMILES string of the molecule is C=CCOCC(O)Cn1c(NCCCOC)nc2c1c(=O)[nH]c(=O)n2C. The number of fused-ring (bicyclic) bond motifs is 1. The molecule has 0 fully saturated rings. The number of rotatable bonds is 11. The molecule has 1 unspecified atom stereocenters. The first-order valence-electron chi connectivity index (χ1n) is 8.28. The van der Waals surface area contributed by atoms with Gasteiger partial charge in [0.15, 0.2) is 11.2 Å². The smallest absolute Gasteiger partial charge is 0.329 e. The number of nitrogens with zero attached hydrogens (tertiary/aromatic N) is 3. The van der Waals surface area contributed by atoms with E-state index >= 15 is 0 Å². The van der Waals surface area contributed by atoms with Crippen molar-refractivity contribution in [1.29, 1.82) is 0 Å². The van der Waals surface area contributed by atoms with E-state index in [1.165, 1.54) is 11.6 Å². The molecule has 0 saturated heterocycles. The maximum atomic E-state index is 12.3. The minimum absolute atomic E-state index is 0.0818. The Labute approximate surface area is 150 Å². The second-order valence-corrected chi connectivity index (χ2v) is 5.79. The van der Waals surface area contributed by atoms with Crippen LogP contribution in [0, 0.1) is 0 Å². The van der Waals surface area contributed by atoms with Crippen molar-refractivity contribution in [3.8, 4) is 0 Å². The zero-order valence-corrected chi connectivity index (χ0v) is 15.0. The molecule has 0 aliphatic rings. The Morgan fingerprint density at radius 1 is 1.46 bits per heavy atom. The summed E-state index contributed by atoms with van der Waals surface area (Å²) in [4.78, 5) is 30.7. The molecule has 2 rings (SSSR count). The third-order valence-electron chi connectivity index (χ3n) is 3.75. The Morgan fingerprint density at radius 3 is 2.92 bits per heavy atom. The molecule has 26 heavy (non-hydrogen) atoms. The van der Waals surface area contributed by atoms with Crippen molar-refractivity contribution in [3.63, 3.8) is 0 Å². The number of imidazole rings is 1. The van der Waals surface area contributed by atoms with Gasteiger partial charge in [-0.05, 0) is 6.42 Å². The molecule has 2 aromatic heterocycles. The molecule has 2 aromatic rings. The summed E-state index contributed by atoms with van der Waals surface area (Å²) in [6, 6.07) is 0. The fourth-order valence-corrected chi connectivity index (χ4v) is 2.51. The summed E-state index contributed by atoms with van der Waals surface area (Å²) in [6.45, 7) is 5.17. The first kappa shape index (κ1) is 19.9. The number of aryl methyl sites for hydroxylation is 1. The van der Waals surface area contributed by atoms with Gasteiger partial charge in [-0.25, -0.2) is 4.79 Å². The monoisotopic (exact) mass is 367 g/mol. The van der Waals surface area contributed by atoms with Crippen molar-refractivity contribution >= 4 is 17.1 Å². The van der Waals surface area contributed by atoms with E-state index in [4.69, 9.17) is 9.47 Å². The summed E-state index contributed by atoms with van der Waals surface area (Å²) in [7, 11) is 3.14. The van der Waals surface area contributed by atoms with Gasteiger partial charge < -0.3 is 24.5 Å². The first-order valence-corrected chi connectivity index (χ1v) is 8.28. The summed E-state index contributed by atoms with van der Waals surface area (Å²) in [5.41, 5.74) is -0.649. The Hall–Kier alpha value is -2.43. The molecule has 0 radical (unpaired) electrons. The first-order chi connectivity index (χ1) is 12.5. The standard InChI is InChI=1S/C16H25N5O5/c1-4-7-26-10-11(22)9-21-12-13(20(2)16(24)19-14(12)23)18-15(21)17-6-5-8-25-3/h4,11,22H,1,5-10H2,2-3H3,(H,17,18)(H,19,23,24). The summed E-state index contributed by atoms with van der Waals surface area (Å²) >= 11 is 0. The second-order valence-electron chi connectivity index (χ2n) is 5.79. The number of nitrogens with one attached hydrogen (secondary N) is 2. The number of hydrogen-bond acceptors (Lipinski definition) is 7. The molecule has 0 spiro atoms. The van der Waals surface area contributed by atoms with Crippen molar-refractivity contribution in [1.82, 2.24) is 19.1 Å². The molecule has 144 valence electrons. The molecule has 0 aliphatic heterocycles. The molecule has 0 aliphatic carbocycles. The number of methoxy groups -OCH3 is 1. The van der Waals surface area contributed by atoms with Crippen LogP contribution in [-0.4, -0.2) is 63.8 Å². The number of H-pyrrole nitrogens is 1. The van der Waals surface area contributed by atoms with E-state index < -0.39 is 17.4 Å². The lowest BCUT2D eigenvalue weighted by Gasteiger charge is -2.15. The molecular weight excluding hydrogens is 342 g/mol. The molecule has 0 bridgehead atoms. The molecule has 10 heteroatoms. The number of aromatic nitrogens is 4. The molecule has 3 N–H and O–H groups in total. The lowest BCUT2D eigenvalue weighted by Crippen LogP contribution is -2.30. The third kappa shape index (κ3) is 4.59. The predicted octanol–water partition coefficient (Wildman–Crippen LogP) is -0.565. The van der Waals surface area contributed by atoms with Crippen LogP contribution >= 0.6 is 0 Å². The minimum atomic E-state index is -0.858. The second kappa shape index (κ2) is 9.32. The number of ether oxygens (including phenoxy) is 2. The number of aliphatic hydroxyl groups is 1. The van der Waals surface area contributed by atoms with Crippen molar-refractivity contribution in [2.24, 2.45) is 7.05 Å². The highest BCUT2D eigenvalue weighted by Gasteiger charge is 2.19. The Balaban J connectivity index is 2.36. The quantitative estimate of drug-likeness (QED) is 0.359. The Morgan fingerprint density at radius 2 is 2.23 bits per heavy atom. The van der Waals surface area contributed by atoms with Gasteiger partial charge in [-0.1, -0.05) is 6.08 Å². The number of aliphatic hydroxyl groups excluding tert-OH is 1. The van der Waals surface area contributed by atoms with Crippen LogP contribution in [0.1, 0.15) is 6.42 Å². The van der Waals surface area contributed by atoms with E-state index in [-0.39, 0.29) is 24.3 Å². The van der Waals surface area contributed by atoms with E-state index in [2.05, 4.69) is 21.9 Å². The highest BCUT2D eigenvalue weighted by Crippen LogP contribution is 2.16. The van der Waals surface area contributed by atoms with Gasteiger partial charge in [-0.3, -0.25) is 14.3 Å². The summed E-state index contributed by atoms with van der Waals surface area (Å²) in [6.07, 6.45) is 1.46. The molecule has 2 heterocycles. The van der Waals surface area contributed by atoms with Gasteiger partial charge in [0.25, 0.3) is 5.56 Å². The van der Waals surface area contributed by atoms with Crippen LogP contribution < -0.4 is 16.6 Å². The summed E-state index contributed by atoms with van der Waals surface area (Å²) in [5, 5.41) is 13.3. The molecule has 10 nitrogen and oxygen atoms in total. The van der Waals surface area contributed by atoms with E-state index in [9.17, 15) is 14.7 Å². The van der Waals surface area contributed by atoms with Crippen LogP contribution in [0.3, 0.4) is 0 Å². The maximum Gasteiger partial charge on any atom is 0.329 e. The Kier molecular flexibility index (Phi) is 7.13.